The molecular formula is C22H34FN3O2. The molecular weight excluding hydrogens is 357 g/mol. The molecule has 3 rings (SSSR count). The van der Waals surface area contributed by atoms with Gasteiger partial charge < -0.3 is 10.1 Å². The molecule has 2 fully saturated rings. The standard InChI is InChI=1S/C22H34FN3O2/c1-17-5-6-18(14-21(17)23)15-25-11-7-20(8-12-25)26-10-3-4-19(16-26)22(27)24-9-13-28-2/h5-6,14,19-20H,3-4,7-13,15-16H2,1-2H3,(H,24,27)/t19-/m1/s1. The lowest BCUT2D eigenvalue weighted by atomic mass is 9.93. The summed E-state index contributed by atoms with van der Waals surface area (Å²) in [4.78, 5) is 17.3. The van der Waals surface area contributed by atoms with Crippen LogP contribution in [0, 0.1) is 18.7 Å². The number of methoxy groups -OCH3 is 1. The van der Waals surface area contributed by atoms with Gasteiger partial charge in [-0.25, -0.2) is 4.39 Å². The zero-order chi connectivity index (χ0) is 19.9. The molecule has 6 heteroatoms. The Bertz CT molecular complexity index is 647. The number of benzene rings is 1. The third-order valence-corrected chi connectivity index (χ3v) is 6.14. The molecule has 2 aliphatic heterocycles. The van der Waals surface area contributed by atoms with Crippen molar-refractivity contribution < 1.29 is 13.9 Å². The predicted molar refractivity (Wildman–Crippen MR) is 109 cm³/mol. The Morgan fingerprint density at radius 1 is 1.25 bits per heavy atom. The molecule has 5 nitrogen and oxygen atoms in total. The molecule has 2 saturated heterocycles. The third kappa shape index (κ3) is 5.75. The molecule has 0 aliphatic carbocycles. The number of nitrogens with one attached hydrogen (secondary N) is 1. The van der Waals surface area contributed by atoms with Crippen molar-refractivity contribution in [2.75, 3.05) is 46.4 Å². The van der Waals surface area contributed by atoms with E-state index in [1.54, 1.807) is 20.1 Å². The Labute approximate surface area is 168 Å². The van der Waals surface area contributed by atoms with Gasteiger partial charge >= 0.3 is 0 Å². The Kier molecular flexibility index (Phi) is 7.82. The highest BCUT2D eigenvalue weighted by atomic mass is 19.1. The van der Waals surface area contributed by atoms with Crippen molar-refractivity contribution in [1.82, 2.24) is 15.1 Å². The lowest BCUT2D eigenvalue weighted by Gasteiger charge is -2.42. The van der Waals surface area contributed by atoms with Crippen LogP contribution in [0.5, 0.6) is 0 Å². The van der Waals surface area contributed by atoms with Crippen molar-refractivity contribution in [2.45, 2.75) is 45.2 Å². The van der Waals surface area contributed by atoms with Gasteiger partial charge in [-0.15, -0.1) is 0 Å². The van der Waals surface area contributed by atoms with Gasteiger partial charge in [0.2, 0.25) is 5.91 Å². The highest BCUT2D eigenvalue weighted by molar-refractivity contribution is 5.78. The predicted octanol–water partition coefficient (Wildman–Crippen LogP) is 2.57. The van der Waals surface area contributed by atoms with Gasteiger partial charge in [-0.3, -0.25) is 14.6 Å². The zero-order valence-electron chi connectivity index (χ0n) is 17.3. The summed E-state index contributed by atoms with van der Waals surface area (Å²) in [6.07, 6.45) is 4.30. The molecule has 0 unspecified atom stereocenters. The molecule has 1 atom stereocenters. The van der Waals surface area contributed by atoms with Crippen molar-refractivity contribution in [3.63, 3.8) is 0 Å². The summed E-state index contributed by atoms with van der Waals surface area (Å²) < 4.78 is 18.8. The molecule has 0 radical (unpaired) electrons. The molecule has 0 saturated carbocycles. The van der Waals surface area contributed by atoms with Gasteiger partial charge in [0.15, 0.2) is 0 Å². The summed E-state index contributed by atoms with van der Waals surface area (Å²) in [5.41, 5.74) is 1.75. The quantitative estimate of drug-likeness (QED) is 0.726. The van der Waals surface area contributed by atoms with Crippen molar-refractivity contribution in [2.24, 2.45) is 5.92 Å². The van der Waals surface area contributed by atoms with Crippen LogP contribution in [0.25, 0.3) is 0 Å². The normalized spacial score (nSPS) is 22.3. The number of piperidine rings is 2. The molecule has 1 aromatic carbocycles. The lowest BCUT2D eigenvalue weighted by molar-refractivity contribution is -0.127. The van der Waals surface area contributed by atoms with Crippen molar-refractivity contribution in [1.29, 1.82) is 0 Å². The zero-order valence-corrected chi connectivity index (χ0v) is 17.3. The highest BCUT2D eigenvalue weighted by Crippen LogP contribution is 2.25. The van der Waals surface area contributed by atoms with Crippen LogP contribution in [0.3, 0.4) is 0 Å². The Balaban J connectivity index is 1.45. The van der Waals surface area contributed by atoms with Crippen LogP contribution >= 0.6 is 0 Å². The summed E-state index contributed by atoms with van der Waals surface area (Å²) in [5.74, 6) is 0.148. The molecule has 1 amide bonds. The van der Waals surface area contributed by atoms with E-state index >= 15 is 0 Å². The van der Waals surface area contributed by atoms with Crippen LogP contribution in [0.4, 0.5) is 4.39 Å². The van der Waals surface area contributed by atoms with E-state index in [9.17, 15) is 9.18 Å². The van der Waals surface area contributed by atoms with Gasteiger partial charge in [-0.2, -0.15) is 0 Å². The molecule has 1 N–H and O–H groups in total. The minimum Gasteiger partial charge on any atom is -0.383 e. The topological polar surface area (TPSA) is 44.8 Å². The number of amides is 1. The second kappa shape index (κ2) is 10.3. The van der Waals surface area contributed by atoms with E-state index in [0.717, 1.165) is 64.0 Å². The fourth-order valence-electron chi connectivity index (χ4n) is 4.41. The second-order valence-corrected chi connectivity index (χ2v) is 8.21. The average molecular weight is 392 g/mol. The molecule has 2 aliphatic rings. The van der Waals surface area contributed by atoms with Crippen molar-refractivity contribution in [3.05, 3.63) is 35.1 Å². The van der Waals surface area contributed by atoms with Crippen LogP contribution in [0.1, 0.15) is 36.8 Å². The third-order valence-electron chi connectivity index (χ3n) is 6.14. The first-order valence-electron chi connectivity index (χ1n) is 10.5. The molecule has 0 aromatic heterocycles. The van der Waals surface area contributed by atoms with Crippen LogP contribution in [0.2, 0.25) is 0 Å². The molecule has 156 valence electrons. The van der Waals surface area contributed by atoms with Gasteiger partial charge in [-0.1, -0.05) is 12.1 Å². The fraction of sp³-hybridized carbons (Fsp3) is 0.682. The minimum absolute atomic E-state index is 0.0965. The minimum atomic E-state index is -0.115. The summed E-state index contributed by atoms with van der Waals surface area (Å²) in [6.45, 7) is 7.78. The smallest absolute Gasteiger partial charge is 0.224 e. The van der Waals surface area contributed by atoms with Crippen LogP contribution in [-0.4, -0.2) is 68.2 Å². The SMILES string of the molecule is COCCNC(=O)[C@@H]1CCCN(C2CCN(Cc3ccc(C)c(F)c3)CC2)C1. The van der Waals surface area contributed by atoms with E-state index in [1.165, 1.54) is 0 Å². The maximum Gasteiger partial charge on any atom is 0.224 e. The molecule has 2 heterocycles. The van der Waals surface area contributed by atoms with Crippen molar-refractivity contribution in [3.8, 4) is 0 Å². The van der Waals surface area contributed by atoms with E-state index in [4.69, 9.17) is 4.74 Å². The number of carbonyl (C=O) groups excluding carboxylic acids is 1. The monoisotopic (exact) mass is 391 g/mol. The Hall–Kier alpha value is -1.50. The number of ether oxygens (including phenoxy) is 1. The number of hydrogen-bond donors (Lipinski definition) is 1. The number of carbonyl (C=O) groups is 1. The van der Waals surface area contributed by atoms with Gasteiger partial charge in [0.25, 0.3) is 0 Å². The van der Waals surface area contributed by atoms with Crippen LogP contribution in [0.15, 0.2) is 18.2 Å². The summed E-state index contributed by atoms with van der Waals surface area (Å²) in [6, 6.07) is 6.12. The van der Waals surface area contributed by atoms with E-state index in [2.05, 4.69) is 15.1 Å². The average Bonchev–Trinajstić information content (AvgIpc) is 2.71. The van der Waals surface area contributed by atoms with E-state index in [-0.39, 0.29) is 17.6 Å². The summed E-state index contributed by atoms with van der Waals surface area (Å²) >= 11 is 0. The van der Waals surface area contributed by atoms with E-state index < -0.39 is 0 Å². The maximum absolute atomic E-state index is 13.8. The van der Waals surface area contributed by atoms with Gasteiger partial charge in [0.05, 0.1) is 12.5 Å². The van der Waals surface area contributed by atoms with Crippen LogP contribution in [-0.2, 0) is 16.1 Å². The number of aryl methyl sites for hydroxylation is 1. The summed E-state index contributed by atoms with van der Waals surface area (Å²) in [7, 11) is 1.65. The van der Waals surface area contributed by atoms with Crippen LogP contribution < -0.4 is 5.32 Å². The number of rotatable bonds is 7. The van der Waals surface area contributed by atoms with Crippen molar-refractivity contribution >= 4 is 5.91 Å². The first kappa shape index (κ1) is 21.2. The fourth-order valence-corrected chi connectivity index (χ4v) is 4.41. The second-order valence-electron chi connectivity index (χ2n) is 8.21. The first-order chi connectivity index (χ1) is 13.6. The summed E-state index contributed by atoms with van der Waals surface area (Å²) in [5, 5.41) is 2.99. The first-order valence-corrected chi connectivity index (χ1v) is 10.5. The maximum atomic E-state index is 13.8. The molecule has 0 bridgehead atoms. The number of nitrogens with zero attached hydrogens (tertiary/aromatic N) is 2. The number of halogens is 1. The largest absolute Gasteiger partial charge is 0.383 e. The lowest BCUT2D eigenvalue weighted by Crippen LogP contribution is -2.50. The molecule has 0 spiro atoms. The highest BCUT2D eigenvalue weighted by Gasteiger charge is 2.31. The molecule has 28 heavy (non-hydrogen) atoms. The van der Waals surface area contributed by atoms with E-state index in [1.807, 2.05) is 12.1 Å². The Morgan fingerprint density at radius 2 is 2.04 bits per heavy atom. The number of hydrogen-bond acceptors (Lipinski definition) is 4. The molecule has 1 aromatic rings. The van der Waals surface area contributed by atoms with Gasteiger partial charge in [0.1, 0.15) is 5.82 Å². The number of likely N-dealkylation sites (tertiary alicyclic amines) is 2. The van der Waals surface area contributed by atoms with E-state index in [0.29, 0.717) is 24.8 Å². The van der Waals surface area contributed by atoms with Gasteiger partial charge in [0, 0.05) is 32.8 Å². The van der Waals surface area contributed by atoms with Gasteiger partial charge in [-0.05, 0) is 69.4 Å². The Morgan fingerprint density at radius 3 is 2.75 bits per heavy atom.